The number of nitrogens with one attached hydrogen (secondary N) is 1. The first-order chi connectivity index (χ1) is 17.7. The molecule has 0 aromatic rings. The van der Waals surface area contributed by atoms with Crippen molar-refractivity contribution < 1.29 is 15.0 Å². The molecule has 2 unspecified atom stereocenters. The molecule has 0 fully saturated rings. The highest BCUT2D eigenvalue weighted by Gasteiger charge is 2.19. The summed E-state index contributed by atoms with van der Waals surface area (Å²) < 4.78 is 0. The second-order valence-electron chi connectivity index (χ2n) is 10.9. The summed E-state index contributed by atoms with van der Waals surface area (Å²) in [6.07, 6.45) is 32.5. The molecule has 3 N–H and O–H groups in total. The maximum absolute atomic E-state index is 12.2. The zero-order valence-electron chi connectivity index (χ0n) is 24.3. The summed E-state index contributed by atoms with van der Waals surface area (Å²) in [5, 5.41) is 22.9. The van der Waals surface area contributed by atoms with Gasteiger partial charge in [0.15, 0.2) is 0 Å². The first-order valence-corrected chi connectivity index (χ1v) is 15.9. The Hall–Kier alpha value is -0.870. The number of aliphatic hydroxyl groups is 2. The fourth-order valence-corrected chi connectivity index (χ4v) is 4.75. The summed E-state index contributed by atoms with van der Waals surface area (Å²) in [7, 11) is 0. The van der Waals surface area contributed by atoms with E-state index in [1.807, 2.05) is 0 Å². The van der Waals surface area contributed by atoms with Gasteiger partial charge in [-0.3, -0.25) is 4.79 Å². The Morgan fingerprint density at radius 1 is 0.639 bits per heavy atom. The van der Waals surface area contributed by atoms with Gasteiger partial charge in [0, 0.05) is 6.42 Å². The quantitative estimate of drug-likeness (QED) is 0.0729. The van der Waals surface area contributed by atoms with E-state index in [0.717, 1.165) is 38.5 Å². The largest absolute Gasteiger partial charge is 0.394 e. The zero-order chi connectivity index (χ0) is 26.5. The SMILES string of the molecule is CCCC/C=C\CCCCCCC(=O)NC(CO)C(O)CCCCCCCCCCCCCCCC. The number of hydrogen-bond donors (Lipinski definition) is 3. The van der Waals surface area contributed by atoms with Gasteiger partial charge in [0.25, 0.3) is 0 Å². The lowest BCUT2D eigenvalue weighted by Gasteiger charge is -2.22. The molecule has 0 aromatic carbocycles. The Labute approximate surface area is 225 Å². The van der Waals surface area contributed by atoms with Crippen molar-refractivity contribution in [3.8, 4) is 0 Å². The molecule has 4 heteroatoms. The molecule has 0 bridgehead atoms. The Morgan fingerprint density at radius 3 is 1.61 bits per heavy atom. The van der Waals surface area contributed by atoms with E-state index in [4.69, 9.17) is 0 Å². The van der Waals surface area contributed by atoms with E-state index in [2.05, 4.69) is 31.3 Å². The molecule has 0 aliphatic heterocycles. The monoisotopic (exact) mass is 509 g/mol. The molecule has 2 atom stereocenters. The molecule has 0 rings (SSSR count). The summed E-state index contributed by atoms with van der Waals surface area (Å²) in [5.74, 6) is -0.0477. The standard InChI is InChI=1S/C32H63NO3/c1-3-5-7-9-11-13-15-16-17-18-19-21-23-25-27-31(35)30(29-34)33-32(36)28-26-24-22-20-14-12-10-8-6-4-2/h10,12,30-31,34-35H,3-9,11,13-29H2,1-2H3,(H,33,36)/b12-10-. The highest BCUT2D eigenvalue weighted by Crippen LogP contribution is 2.14. The Kier molecular flexibility index (Phi) is 28.0. The average molecular weight is 510 g/mol. The van der Waals surface area contributed by atoms with E-state index in [1.54, 1.807) is 0 Å². The van der Waals surface area contributed by atoms with Gasteiger partial charge in [0.2, 0.25) is 5.91 Å². The number of aliphatic hydroxyl groups excluding tert-OH is 2. The van der Waals surface area contributed by atoms with Gasteiger partial charge in [-0.1, -0.05) is 142 Å². The minimum absolute atomic E-state index is 0.0477. The maximum Gasteiger partial charge on any atom is 0.220 e. The van der Waals surface area contributed by atoms with Crippen LogP contribution in [0.3, 0.4) is 0 Å². The van der Waals surface area contributed by atoms with Crippen LogP contribution in [0.5, 0.6) is 0 Å². The van der Waals surface area contributed by atoms with Crippen LogP contribution in [0.4, 0.5) is 0 Å². The third-order valence-corrected chi connectivity index (χ3v) is 7.28. The highest BCUT2D eigenvalue weighted by molar-refractivity contribution is 5.76. The van der Waals surface area contributed by atoms with Crippen LogP contribution in [-0.4, -0.2) is 34.9 Å². The minimum atomic E-state index is -0.657. The van der Waals surface area contributed by atoms with Gasteiger partial charge in [-0.25, -0.2) is 0 Å². The van der Waals surface area contributed by atoms with Crippen molar-refractivity contribution in [3.63, 3.8) is 0 Å². The van der Waals surface area contributed by atoms with Crippen LogP contribution in [-0.2, 0) is 4.79 Å². The smallest absolute Gasteiger partial charge is 0.220 e. The lowest BCUT2D eigenvalue weighted by molar-refractivity contribution is -0.123. The number of unbranched alkanes of at least 4 members (excludes halogenated alkanes) is 19. The van der Waals surface area contributed by atoms with E-state index >= 15 is 0 Å². The van der Waals surface area contributed by atoms with Gasteiger partial charge in [0.05, 0.1) is 18.8 Å². The maximum atomic E-state index is 12.2. The van der Waals surface area contributed by atoms with Gasteiger partial charge in [-0.2, -0.15) is 0 Å². The van der Waals surface area contributed by atoms with Crippen molar-refractivity contribution in [2.24, 2.45) is 0 Å². The number of carbonyl (C=O) groups excluding carboxylic acids is 1. The fraction of sp³-hybridized carbons (Fsp3) is 0.906. The second kappa shape index (κ2) is 28.7. The molecule has 0 radical (unpaired) electrons. The summed E-state index contributed by atoms with van der Waals surface area (Å²) >= 11 is 0. The molecule has 0 saturated heterocycles. The van der Waals surface area contributed by atoms with Crippen molar-refractivity contribution in [1.82, 2.24) is 5.32 Å². The first kappa shape index (κ1) is 35.1. The minimum Gasteiger partial charge on any atom is -0.394 e. The van der Waals surface area contributed by atoms with E-state index in [9.17, 15) is 15.0 Å². The summed E-state index contributed by atoms with van der Waals surface area (Å²) in [5.41, 5.74) is 0. The molecular formula is C32H63NO3. The molecule has 0 heterocycles. The third kappa shape index (κ3) is 24.8. The summed E-state index contributed by atoms with van der Waals surface area (Å²) in [6, 6.07) is -0.535. The lowest BCUT2D eigenvalue weighted by atomic mass is 10.0. The van der Waals surface area contributed by atoms with Gasteiger partial charge in [-0.15, -0.1) is 0 Å². The molecule has 0 aromatic heterocycles. The highest BCUT2D eigenvalue weighted by atomic mass is 16.3. The molecule has 0 aliphatic rings. The molecule has 0 spiro atoms. The van der Waals surface area contributed by atoms with Gasteiger partial charge < -0.3 is 15.5 Å². The molecule has 214 valence electrons. The number of amides is 1. The molecule has 36 heavy (non-hydrogen) atoms. The predicted octanol–water partition coefficient (Wildman–Crippen LogP) is 8.78. The van der Waals surface area contributed by atoms with Gasteiger partial charge >= 0.3 is 0 Å². The van der Waals surface area contributed by atoms with Crippen LogP contribution in [0.15, 0.2) is 12.2 Å². The van der Waals surface area contributed by atoms with Crippen molar-refractivity contribution in [1.29, 1.82) is 0 Å². The summed E-state index contributed by atoms with van der Waals surface area (Å²) in [6.45, 7) is 4.29. The first-order valence-electron chi connectivity index (χ1n) is 15.9. The van der Waals surface area contributed by atoms with Crippen LogP contribution in [0.1, 0.15) is 168 Å². The molecule has 0 aliphatic carbocycles. The Bertz CT molecular complexity index is 480. The van der Waals surface area contributed by atoms with E-state index in [-0.39, 0.29) is 12.5 Å². The number of carbonyl (C=O) groups is 1. The van der Waals surface area contributed by atoms with Crippen LogP contribution in [0.25, 0.3) is 0 Å². The van der Waals surface area contributed by atoms with Gasteiger partial charge in [-0.05, 0) is 32.1 Å². The van der Waals surface area contributed by atoms with Crippen molar-refractivity contribution >= 4 is 5.91 Å². The van der Waals surface area contributed by atoms with Crippen LogP contribution >= 0.6 is 0 Å². The average Bonchev–Trinajstić information content (AvgIpc) is 2.88. The third-order valence-electron chi connectivity index (χ3n) is 7.28. The molecule has 0 saturated carbocycles. The Morgan fingerprint density at radius 2 is 1.08 bits per heavy atom. The van der Waals surface area contributed by atoms with Crippen molar-refractivity contribution in [2.45, 2.75) is 180 Å². The molecule has 4 nitrogen and oxygen atoms in total. The molecule has 1 amide bonds. The fourth-order valence-electron chi connectivity index (χ4n) is 4.75. The lowest BCUT2D eigenvalue weighted by Crippen LogP contribution is -2.45. The zero-order valence-corrected chi connectivity index (χ0v) is 24.3. The predicted molar refractivity (Wildman–Crippen MR) is 156 cm³/mol. The normalized spacial score (nSPS) is 13.3. The van der Waals surface area contributed by atoms with E-state index in [0.29, 0.717) is 12.8 Å². The number of allylic oxidation sites excluding steroid dienone is 2. The van der Waals surface area contributed by atoms with Crippen LogP contribution in [0.2, 0.25) is 0 Å². The molecular weight excluding hydrogens is 446 g/mol. The van der Waals surface area contributed by atoms with Crippen LogP contribution in [0, 0.1) is 0 Å². The summed E-state index contributed by atoms with van der Waals surface area (Å²) in [4.78, 5) is 12.2. The number of hydrogen-bond acceptors (Lipinski definition) is 3. The van der Waals surface area contributed by atoms with Crippen LogP contribution < -0.4 is 5.32 Å². The van der Waals surface area contributed by atoms with Crippen molar-refractivity contribution in [2.75, 3.05) is 6.61 Å². The second-order valence-corrected chi connectivity index (χ2v) is 10.9. The van der Waals surface area contributed by atoms with Crippen molar-refractivity contribution in [3.05, 3.63) is 12.2 Å². The number of rotatable bonds is 28. The van der Waals surface area contributed by atoms with E-state index in [1.165, 1.54) is 103 Å². The Balaban J connectivity index is 3.60. The topological polar surface area (TPSA) is 69.6 Å². The van der Waals surface area contributed by atoms with E-state index < -0.39 is 12.1 Å². The van der Waals surface area contributed by atoms with Gasteiger partial charge in [0.1, 0.15) is 0 Å².